The van der Waals surface area contributed by atoms with Crippen LogP contribution in [-0.4, -0.2) is 16.8 Å². The standard InChI is InChI=1S/C18H15Cl3N2O2/c1-2-13-16(18(24)25)22-23(15-8-7-12(20)9-14(15)21)17(13)10-3-5-11(19)6-4-10/h3-9,13,17H,2H2,1H3,(H,24,25)/t13-,17+/m1/s1. The highest BCUT2D eigenvalue weighted by molar-refractivity contribution is 6.38. The van der Waals surface area contributed by atoms with E-state index >= 15 is 0 Å². The third-order valence-electron chi connectivity index (χ3n) is 4.24. The molecule has 7 heteroatoms. The summed E-state index contributed by atoms with van der Waals surface area (Å²) >= 11 is 18.3. The minimum Gasteiger partial charge on any atom is -0.477 e. The number of halogens is 3. The predicted octanol–water partition coefficient (Wildman–Crippen LogP) is 5.67. The Labute approximate surface area is 160 Å². The van der Waals surface area contributed by atoms with Gasteiger partial charge in [0, 0.05) is 16.0 Å². The van der Waals surface area contributed by atoms with Gasteiger partial charge in [0.2, 0.25) is 0 Å². The Hall–Kier alpha value is -1.75. The fourth-order valence-corrected chi connectivity index (χ4v) is 3.72. The average molecular weight is 398 g/mol. The van der Waals surface area contributed by atoms with Crippen molar-refractivity contribution in [3.05, 3.63) is 63.1 Å². The van der Waals surface area contributed by atoms with Gasteiger partial charge in [0.05, 0.1) is 16.8 Å². The molecule has 2 aromatic carbocycles. The van der Waals surface area contributed by atoms with E-state index in [4.69, 9.17) is 34.8 Å². The molecule has 0 radical (unpaired) electrons. The Kier molecular flexibility index (Phi) is 5.23. The summed E-state index contributed by atoms with van der Waals surface area (Å²) in [6.45, 7) is 1.94. The lowest BCUT2D eigenvalue weighted by Gasteiger charge is -2.28. The molecular weight excluding hydrogens is 383 g/mol. The average Bonchev–Trinajstić information content (AvgIpc) is 2.95. The van der Waals surface area contributed by atoms with Crippen LogP contribution in [0.25, 0.3) is 0 Å². The molecule has 1 aliphatic rings. The van der Waals surface area contributed by atoms with E-state index < -0.39 is 5.97 Å². The molecule has 130 valence electrons. The van der Waals surface area contributed by atoms with Crippen molar-refractivity contribution in [3.63, 3.8) is 0 Å². The number of carboxylic acids is 1. The first-order valence-electron chi connectivity index (χ1n) is 7.74. The van der Waals surface area contributed by atoms with E-state index in [1.165, 1.54) is 0 Å². The van der Waals surface area contributed by atoms with Gasteiger partial charge in [-0.15, -0.1) is 0 Å². The Bertz CT molecular complexity index is 837. The lowest BCUT2D eigenvalue weighted by molar-refractivity contribution is -0.129. The van der Waals surface area contributed by atoms with Crippen LogP contribution in [0.1, 0.15) is 24.9 Å². The van der Waals surface area contributed by atoms with Crippen LogP contribution in [-0.2, 0) is 4.79 Å². The smallest absolute Gasteiger partial charge is 0.352 e. The molecule has 0 saturated heterocycles. The van der Waals surface area contributed by atoms with Crippen LogP contribution in [0.3, 0.4) is 0 Å². The zero-order chi connectivity index (χ0) is 18.1. The summed E-state index contributed by atoms with van der Waals surface area (Å²) in [5.74, 6) is -1.30. The summed E-state index contributed by atoms with van der Waals surface area (Å²) in [7, 11) is 0. The first-order chi connectivity index (χ1) is 11.9. The van der Waals surface area contributed by atoms with Crippen molar-refractivity contribution >= 4 is 52.2 Å². The molecule has 2 aromatic rings. The van der Waals surface area contributed by atoms with E-state index in [-0.39, 0.29) is 17.7 Å². The van der Waals surface area contributed by atoms with Gasteiger partial charge >= 0.3 is 5.97 Å². The molecular formula is C18H15Cl3N2O2. The van der Waals surface area contributed by atoms with Gasteiger partial charge in [-0.2, -0.15) is 5.10 Å². The number of hydrogen-bond donors (Lipinski definition) is 1. The molecule has 0 aliphatic carbocycles. The van der Waals surface area contributed by atoms with Gasteiger partial charge in [-0.3, -0.25) is 5.01 Å². The normalized spacial score (nSPS) is 19.8. The zero-order valence-corrected chi connectivity index (χ0v) is 15.6. The molecule has 0 amide bonds. The quantitative estimate of drug-likeness (QED) is 0.722. The van der Waals surface area contributed by atoms with Gasteiger partial charge in [-0.1, -0.05) is 53.9 Å². The number of carboxylic acid groups (broad SMARTS) is 1. The lowest BCUT2D eigenvalue weighted by Crippen LogP contribution is -2.27. The number of aliphatic carboxylic acids is 1. The molecule has 0 saturated carbocycles. The van der Waals surface area contributed by atoms with Crippen LogP contribution in [0.2, 0.25) is 15.1 Å². The van der Waals surface area contributed by atoms with Crippen LogP contribution in [0.15, 0.2) is 47.6 Å². The van der Waals surface area contributed by atoms with Crippen molar-refractivity contribution in [2.75, 3.05) is 5.01 Å². The van der Waals surface area contributed by atoms with E-state index in [1.807, 2.05) is 19.1 Å². The molecule has 1 heterocycles. The maximum absolute atomic E-state index is 11.7. The fourth-order valence-electron chi connectivity index (χ4n) is 3.09. The topological polar surface area (TPSA) is 52.9 Å². The molecule has 1 N–H and O–H groups in total. The number of hydrogen-bond acceptors (Lipinski definition) is 3. The van der Waals surface area contributed by atoms with Crippen molar-refractivity contribution in [2.45, 2.75) is 19.4 Å². The van der Waals surface area contributed by atoms with Crippen LogP contribution < -0.4 is 5.01 Å². The van der Waals surface area contributed by atoms with Gasteiger partial charge in [0.25, 0.3) is 0 Å². The monoisotopic (exact) mass is 396 g/mol. The second kappa shape index (κ2) is 7.24. The molecule has 0 fully saturated rings. The largest absolute Gasteiger partial charge is 0.477 e. The first-order valence-corrected chi connectivity index (χ1v) is 8.87. The summed E-state index contributed by atoms with van der Waals surface area (Å²) in [4.78, 5) is 11.7. The minimum atomic E-state index is -1.03. The summed E-state index contributed by atoms with van der Waals surface area (Å²) in [6, 6.07) is 12.1. The van der Waals surface area contributed by atoms with Crippen molar-refractivity contribution < 1.29 is 9.90 Å². The summed E-state index contributed by atoms with van der Waals surface area (Å²) in [5.41, 5.74) is 1.65. The molecule has 0 aromatic heterocycles. The van der Waals surface area contributed by atoms with Gasteiger partial charge in [0.15, 0.2) is 5.71 Å². The highest BCUT2D eigenvalue weighted by atomic mass is 35.5. The summed E-state index contributed by atoms with van der Waals surface area (Å²) < 4.78 is 0. The van der Waals surface area contributed by atoms with E-state index in [1.54, 1.807) is 35.3 Å². The maximum atomic E-state index is 11.7. The molecule has 0 unspecified atom stereocenters. The summed E-state index contributed by atoms with van der Waals surface area (Å²) in [6.07, 6.45) is 0.625. The second-order valence-electron chi connectivity index (χ2n) is 5.74. The van der Waals surface area contributed by atoms with Crippen LogP contribution in [0, 0.1) is 5.92 Å². The summed E-state index contributed by atoms with van der Waals surface area (Å²) in [5, 5.41) is 17.1. The fraction of sp³-hybridized carbons (Fsp3) is 0.222. The Morgan fingerprint density at radius 2 is 1.76 bits per heavy atom. The third-order valence-corrected chi connectivity index (χ3v) is 5.03. The zero-order valence-electron chi connectivity index (χ0n) is 13.3. The predicted molar refractivity (Wildman–Crippen MR) is 102 cm³/mol. The van der Waals surface area contributed by atoms with E-state index in [2.05, 4.69) is 5.10 Å². The van der Waals surface area contributed by atoms with Gasteiger partial charge < -0.3 is 5.11 Å². The molecule has 2 atom stereocenters. The molecule has 1 aliphatic heterocycles. The van der Waals surface area contributed by atoms with Crippen LogP contribution in [0.4, 0.5) is 5.69 Å². The van der Waals surface area contributed by atoms with Crippen molar-refractivity contribution in [2.24, 2.45) is 11.0 Å². The highest BCUT2D eigenvalue weighted by Gasteiger charge is 2.41. The molecule has 4 nitrogen and oxygen atoms in total. The van der Waals surface area contributed by atoms with Crippen molar-refractivity contribution in [1.29, 1.82) is 0 Å². The van der Waals surface area contributed by atoms with Gasteiger partial charge in [-0.25, -0.2) is 4.79 Å². The van der Waals surface area contributed by atoms with E-state index in [0.29, 0.717) is 27.2 Å². The van der Waals surface area contributed by atoms with Gasteiger partial charge in [-0.05, 0) is 42.3 Å². The number of rotatable bonds is 4. The second-order valence-corrected chi connectivity index (χ2v) is 7.02. The Morgan fingerprint density at radius 3 is 2.32 bits per heavy atom. The Balaban J connectivity index is 2.13. The van der Waals surface area contributed by atoms with Crippen molar-refractivity contribution in [1.82, 2.24) is 0 Å². The van der Waals surface area contributed by atoms with Crippen LogP contribution >= 0.6 is 34.8 Å². The Morgan fingerprint density at radius 1 is 1.12 bits per heavy atom. The van der Waals surface area contributed by atoms with Crippen molar-refractivity contribution in [3.8, 4) is 0 Å². The molecule has 0 spiro atoms. The minimum absolute atomic E-state index is 0.119. The molecule has 0 bridgehead atoms. The third kappa shape index (κ3) is 3.47. The van der Waals surface area contributed by atoms with E-state index in [9.17, 15) is 9.90 Å². The number of anilines is 1. The van der Waals surface area contributed by atoms with Gasteiger partial charge in [0.1, 0.15) is 0 Å². The molecule has 25 heavy (non-hydrogen) atoms. The number of nitrogens with zero attached hydrogens (tertiary/aromatic N) is 2. The number of hydrazone groups is 1. The van der Waals surface area contributed by atoms with Crippen LogP contribution in [0.5, 0.6) is 0 Å². The SMILES string of the molecule is CC[C@@H]1C(C(=O)O)=NN(c2ccc(Cl)cc2Cl)[C@H]1c1ccc(Cl)cc1. The first kappa shape index (κ1) is 18.1. The highest BCUT2D eigenvalue weighted by Crippen LogP contribution is 2.43. The number of benzene rings is 2. The molecule has 3 rings (SSSR count). The van der Waals surface area contributed by atoms with E-state index in [0.717, 1.165) is 5.56 Å². The maximum Gasteiger partial charge on any atom is 0.352 e. The number of carbonyl (C=O) groups is 1. The lowest BCUT2D eigenvalue weighted by atomic mass is 9.88.